The van der Waals surface area contributed by atoms with E-state index in [0.29, 0.717) is 6.61 Å². The third kappa shape index (κ3) is 2.73. The molecule has 0 saturated carbocycles. The smallest absolute Gasteiger partial charge is 0.316 e. The number of hydrogen-bond donors (Lipinski definition) is 1. The Labute approximate surface area is 114 Å². The van der Waals surface area contributed by atoms with Crippen LogP contribution in [0.25, 0.3) is 0 Å². The first kappa shape index (κ1) is 13.9. The van der Waals surface area contributed by atoms with Gasteiger partial charge in [0, 0.05) is 0 Å². The normalized spacial score (nSPS) is 17.8. The Morgan fingerprint density at radius 2 is 2.11 bits per heavy atom. The molecule has 0 amide bonds. The van der Waals surface area contributed by atoms with Gasteiger partial charge >= 0.3 is 5.97 Å². The topological polar surface area (TPSA) is 47.6 Å². The number of carbonyl (C=O) groups excluding carboxylic acids is 1. The van der Waals surface area contributed by atoms with Gasteiger partial charge in [-0.3, -0.25) is 4.79 Å². The van der Waals surface area contributed by atoms with Crippen LogP contribution in [0.2, 0.25) is 0 Å². The summed E-state index contributed by atoms with van der Waals surface area (Å²) in [5, 5.41) is 3.30. The molecule has 0 spiro atoms. The number of carbonyl (C=O) groups is 1. The molecule has 0 atom stereocenters. The average molecular weight is 263 g/mol. The molecule has 19 heavy (non-hydrogen) atoms. The largest absolute Gasteiger partial charge is 0.497 e. The number of piperidine rings is 1. The van der Waals surface area contributed by atoms with E-state index in [0.717, 1.165) is 37.2 Å². The molecule has 1 aliphatic heterocycles. The van der Waals surface area contributed by atoms with E-state index in [1.807, 2.05) is 31.2 Å². The van der Waals surface area contributed by atoms with Crippen LogP contribution in [0.3, 0.4) is 0 Å². The van der Waals surface area contributed by atoms with Crippen molar-refractivity contribution in [2.75, 3.05) is 26.8 Å². The fourth-order valence-electron chi connectivity index (χ4n) is 2.65. The first-order valence-corrected chi connectivity index (χ1v) is 6.75. The molecule has 4 nitrogen and oxygen atoms in total. The van der Waals surface area contributed by atoms with Crippen molar-refractivity contribution in [2.24, 2.45) is 0 Å². The van der Waals surface area contributed by atoms with Crippen molar-refractivity contribution in [3.63, 3.8) is 0 Å². The number of esters is 1. The zero-order valence-electron chi connectivity index (χ0n) is 11.6. The molecule has 2 rings (SSSR count). The van der Waals surface area contributed by atoms with E-state index in [4.69, 9.17) is 9.47 Å². The Kier molecular flexibility index (Phi) is 4.43. The summed E-state index contributed by atoms with van der Waals surface area (Å²) < 4.78 is 10.6. The second-order valence-corrected chi connectivity index (χ2v) is 4.78. The zero-order valence-corrected chi connectivity index (χ0v) is 11.6. The molecule has 4 heteroatoms. The molecule has 0 radical (unpaired) electrons. The van der Waals surface area contributed by atoms with Crippen molar-refractivity contribution in [3.8, 4) is 5.75 Å². The predicted molar refractivity (Wildman–Crippen MR) is 73.4 cm³/mol. The van der Waals surface area contributed by atoms with E-state index in [-0.39, 0.29) is 5.97 Å². The highest BCUT2D eigenvalue weighted by Gasteiger charge is 2.42. The van der Waals surface area contributed by atoms with Gasteiger partial charge in [0.1, 0.15) is 5.75 Å². The highest BCUT2D eigenvalue weighted by atomic mass is 16.5. The summed E-state index contributed by atoms with van der Waals surface area (Å²) in [6, 6.07) is 7.76. The number of ether oxygens (including phenoxy) is 2. The van der Waals surface area contributed by atoms with Gasteiger partial charge in [-0.15, -0.1) is 0 Å². The number of hydrogen-bond acceptors (Lipinski definition) is 4. The standard InChI is InChI=1S/C15H21NO3/c1-3-19-14(17)15(7-9-16-10-8-15)12-5-4-6-13(11-12)18-2/h4-6,11,16H,3,7-10H2,1-2H3. The van der Waals surface area contributed by atoms with Gasteiger partial charge in [0.25, 0.3) is 0 Å². The molecule has 1 aliphatic rings. The Morgan fingerprint density at radius 1 is 1.37 bits per heavy atom. The Balaban J connectivity index is 2.38. The maximum Gasteiger partial charge on any atom is 0.316 e. The van der Waals surface area contributed by atoms with E-state index >= 15 is 0 Å². The van der Waals surface area contributed by atoms with Crippen LogP contribution >= 0.6 is 0 Å². The van der Waals surface area contributed by atoms with E-state index in [1.54, 1.807) is 7.11 Å². The molecular formula is C15H21NO3. The molecule has 104 valence electrons. The molecule has 1 heterocycles. The summed E-state index contributed by atoms with van der Waals surface area (Å²) in [5.41, 5.74) is 0.460. The summed E-state index contributed by atoms with van der Waals surface area (Å²) >= 11 is 0. The third-order valence-corrected chi connectivity index (χ3v) is 3.75. The average Bonchev–Trinajstić information content (AvgIpc) is 2.48. The lowest BCUT2D eigenvalue weighted by atomic mass is 9.73. The van der Waals surface area contributed by atoms with Crippen molar-refractivity contribution < 1.29 is 14.3 Å². The zero-order chi connectivity index (χ0) is 13.7. The first-order chi connectivity index (χ1) is 9.23. The summed E-state index contributed by atoms with van der Waals surface area (Å²) in [7, 11) is 1.64. The Bertz CT molecular complexity index is 439. The third-order valence-electron chi connectivity index (χ3n) is 3.75. The highest BCUT2D eigenvalue weighted by Crippen LogP contribution is 2.36. The summed E-state index contributed by atoms with van der Waals surface area (Å²) in [5.74, 6) is 0.657. The van der Waals surface area contributed by atoms with Crippen LogP contribution < -0.4 is 10.1 Å². The van der Waals surface area contributed by atoms with Crippen molar-refractivity contribution in [2.45, 2.75) is 25.2 Å². The molecule has 0 aliphatic carbocycles. The maximum absolute atomic E-state index is 12.4. The number of benzene rings is 1. The summed E-state index contributed by atoms with van der Waals surface area (Å²) in [6.07, 6.45) is 1.53. The molecule has 1 aromatic rings. The molecule has 0 aromatic heterocycles. The number of rotatable bonds is 4. The van der Waals surface area contributed by atoms with Gasteiger partial charge in [0.15, 0.2) is 0 Å². The van der Waals surface area contributed by atoms with E-state index < -0.39 is 5.41 Å². The molecule has 1 saturated heterocycles. The maximum atomic E-state index is 12.4. The predicted octanol–water partition coefficient (Wildman–Crippen LogP) is 1.88. The molecule has 0 unspecified atom stereocenters. The lowest BCUT2D eigenvalue weighted by Gasteiger charge is -2.35. The lowest BCUT2D eigenvalue weighted by molar-refractivity contribution is -0.151. The first-order valence-electron chi connectivity index (χ1n) is 6.75. The Morgan fingerprint density at radius 3 is 2.74 bits per heavy atom. The minimum absolute atomic E-state index is 0.121. The molecule has 1 N–H and O–H groups in total. The SMILES string of the molecule is CCOC(=O)C1(c2cccc(OC)c2)CCNCC1. The lowest BCUT2D eigenvalue weighted by Crippen LogP contribution is -2.46. The fourth-order valence-corrected chi connectivity index (χ4v) is 2.65. The Hall–Kier alpha value is -1.55. The second-order valence-electron chi connectivity index (χ2n) is 4.78. The van der Waals surface area contributed by atoms with Gasteiger partial charge in [-0.2, -0.15) is 0 Å². The number of methoxy groups -OCH3 is 1. The monoisotopic (exact) mass is 263 g/mol. The molecule has 1 fully saturated rings. The van der Waals surface area contributed by atoms with Gasteiger partial charge in [-0.05, 0) is 50.6 Å². The summed E-state index contributed by atoms with van der Waals surface area (Å²) in [4.78, 5) is 12.4. The minimum atomic E-state index is -0.532. The molecule has 1 aromatic carbocycles. The van der Waals surface area contributed by atoms with Crippen molar-refractivity contribution in [3.05, 3.63) is 29.8 Å². The number of nitrogens with one attached hydrogen (secondary N) is 1. The van der Waals surface area contributed by atoms with Gasteiger partial charge in [-0.25, -0.2) is 0 Å². The van der Waals surface area contributed by atoms with Crippen molar-refractivity contribution in [1.82, 2.24) is 5.32 Å². The van der Waals surface area contributed by atoms with E-state index in [2.05, 4.69) is 5.32 Å². The van der Waals surface area contributed by atoms with Crippen LogP contribution in [-0.4, -0.2) is 32.8 Å². The van der Waals surface area contributed by atoms with Crippen molar-refractivity contribution in [1.29, 1.82) is 0 Å². The summed E-state index contributed by atoms with van der Waals surface area (Å²) in [6.45, 7) is 3.92. The van der Waals surface area contributed by atoms with Crippen molar-refractivity contribution >= 4 is 5.97 Å². The second kappa shape index (κ2) is 6.06. The van der Waals surface area contributed by atoms with Crippen LogP contribution in [0.15, 0.2) is 24.3 Å². The van der Waals surface area contributed by atoms with Crippen LogP contribution in [0.4, 0.5) is 0 Å². The van der Waals surface area contributed by atoms with Gasteiger partial charge in [0.2, 0.25) is 0 Å². The van der Waals surface area contributed by atoms with E-state index in [1.165, 1.54) is 0 Å². The van der Waals surface area contributed by atoms with Crippen LogP contribution in [0.5, 0.6) is 5.75 Å². The van der Waals surface area contributed by atoms with Crippen LogP contribution in [0, 0.1) is 0 Å². The quantitative estimate of drug-likeness (QED) is 0.843. The van der Waals surface area contributed by atoms with Gasteiger partial charge in [0.05, 0.1) is 19.1 Å². The molecule has 0 bridgehead atoms. The minimum Gasteiger partial charge on any atom is -0.497 e. The fraction of sp³-hybridized carbons (Fsp3) is 0.533. The highest BCUT2D eigenvalue weighted by molar-refractivity contribution is 5.83. The van der Waals surface area contributed by atoms with E-state index in [9.17, 15) is 4.79 Å². The molecular weight excluding hydrogens is 242 g/mol. The van der Waals surface area contributed by atoms with Gasteiger partial charge in [-0.1, -0.05) is 12.1 Å². The van der Waals surface area contributed by atoms with Crippen LogP contribution in [-0.2, 0) is 14.9 Å². The van der Waals surface area contributed by atoms with Gasteiger partial charge < -0.3 is 14.8 Å². The van der Waals surface area contributed by atoms with Crippen LogP contribution in [0.1, 0.15) is 25.3 Å².